The molecule has 0 N–H and O–H groups in total. The van der Waals surface area contributed by atoms with E-state index < -0.39 is 33.4 Å². The molecule has 6 nitrogen and oxygen atoms in total. The second-order valence-electron chi connectivity index (χ2n) is 10.6. The second kappa shape index (κ2) is 9.51. The normalized spacial score (nSPS) is 17.2. The number of hydrogen-bond donors (Lipinski definition) is 0. The van der Waals surface area contributed by atoms with E-state index in [-0.39, 0.29) is 11.3 Å². The summed E-state index contributed by atoms with van der Waals surface area (Å²) in [7, 11) is -4.11. The first-order valence-electron chi connectivity index (χ1n) is 12.2. The minimum atomic E-state index is -4.11. The Balaban J connectivity index is 2.15. The van der Waals surface area contributed by atoms with E-state index in [2.05, 4.69) is 13.8 Å². The molecule has 1 aliphatic heterocycles. The van der Waals surface area contributed by atoms with Gasteiger partial charge in [0.25, 0.3) is 5.91 Å². The Labute approximate surface area is 210 Å². The maximum Gasteiger partial charge on any atom is 0.252 e. The van der Waals surface area contributed by atoms with Crippen LogP contribution in [0.1, 0.15) is 81.2 Å². The summed E-state index contributed by atoms with van der Waals surface area (Å²) in [4.78, 5) is 28.2. The minimum absolute atomic E-state index is 0.184. The maximum absolute atomic E-state index is 14.3. The lowest BCUT2D eigenvalue weighted by atomic mass is 10.00. The van der Waals surface area contributed by atoms with Crippen molar-refractivity contribution in [3.05, 3.63) is 58.1 Å². The number of imide groups is 1. The van der Waals surface area contributed by atoms with Crippen LogP contribution in [0.15, 0.2) is 35.2 Å². The first-order valence-corrected chi connectivity index (χ1v) is 13.7. The third-order valence-electron chi connectivity index (χ3n) is 7.50. The predicted octanol–water partition coefficient (Wildman–Crippen LogP) is 5.56. The van der Waals surface area contributed by atoms with E-state index in [0.29, 0.717) is 29.2 Å². The summed E-state index contributed by atoms with van der Waals surface area (Å²) < 4.78 is 30.0. The van der Waals surface area contributed by atoms with Gasteiger partial charge in [-0.05, 0) is 93.8 Å². The highest BCUT2D eigenvalue weighted by Gasteiger charge is 2.52. The fourth-order valence-electron chi connectivity index (χ4n) is 4.82. The van der Waals surface area contributed by atoms with Crippen molar-refractivity contribution in [2.75, 3.05) is 4.90 Å². The molecule has 3 rings (SSSR count). The van der Waals surface area contributed by atoms with E-state index in [1.165, 1.54) is 4.31 Å². The van der Waals surface area contributed by atoms with Gasteiger partial charge in [0, 0.05) is 5.54 Å². The van der Waals surface area contributed by atoms with Crippen molar-refractivity contribution in [2.45, 2.75) is 97.5 Å². The van der Waals surface area contributed by atoms with Crippen LogP contribution in [0.3, 0.4) is 0 Å². The van der Waals surface area contributed by atoms with E-state index in [4.69, 9.17) is 0 Å². The summed E-state index contributed by atoms with van der Waals surface area (Å²) in [5, 5.41) is 0. The van der Waals surface area contributed by atoms with Crippen LogP contribution in [0.2, 0.25) is 0 Å². The molecule has 190 valence electrons. The van der Waals surface area contributed by atoms with Crippen molar-refractivity contribution in [3.8, 4) is 0 Å². The zero-order valence-electron chi connectivity index (χ0n) is 22.4. The number of benzene rings is 2. The summed E-state index contributed by atoms with van der Waals surface area (Å²) in [5.41, 5.74) is 3.78. The van der Waals surface area contributed by atoms with Crippen molar-refractivity contribution < 1.29 is 18.0 Å². The molecular formula is C28H38N2O4S. The molecule has 1 heterocycles. The van der Waals surface area contributed by atoms with Gasteiger partial charge in [0.15, 0.2) is 0 Å². The van der Waals surface area contributed by atoms with Crippen LogP contribution >= 0.6 is 0 Å². The Bertz CT molecular complexity index is 1230. The lowest BCUT2D eigenvalue weighted by molar-refractivity contribution is -0.122. The van der Waals surface area contributed by atoms with Crippen LogP contribution < -0.4 is 4.90 Å². The van der Waals surface area contributed by atoms with Crippen LogP contribution in [0, 0.1) is 27.7 Å². The number of amides is 2. The SMILES string of the molecule is CCC(C)(C)N(C1CC(=O)N(c2ccc(C(C)C)cc2)C1=O)S(=O)(=O)c1c(C)c(C)cc(C)c1C. The molecule has 2 aromatic rings. The smallest absolute Gasteiger partial charge is 0.252 e. The molecule has 0 aliphatic carbocycles. The van der Waals surface area contributed by atoms with E-state index >= 15 is 0 Å². The number of hydrogen-bond acceptors (Lipinski definition) is 4. The summed E-state index contributed by atoms with van der Waals surface area (Å²) in [6.07, 6.45) is 0.298. The summed E-state index contributed by atoms with van der Waals surface area (Å²) in [6, 6.07) is 8.20. The van der Waals surface area contributed by atoms with Crippen molar-refractivity contribution in [1.82, 2.24) is 4.31 Å². The standard InChI is InChI=1S/C28H38N2O4S/c1-10-28(8,9)30(35(33,34)26-20(6)18(4)15-19(5)21(26)7)24-16-25(31)29(27(24)32)23-13-11-22(12-14-23)17(2)3/h11-15,17,24H,10,16H2,1-9H3. The maximum atomic E-state index is 14.3. The first-order chi connectivity index (χ1) is 16.1. The molecule has 2 amide bonds. The van der Waals surface area contributed by atoms with Gasteiger partial charge in [-0.2, -0.15) is 4.31 Å². The number of carbonyl (C=O) groups excluding carboxylic acids is 2. The molecule has 0 spiro atoms. The Hall–Kier alpha value is -2.51. The first kappa shape index (κ1) is 27.1. The minimum Gasteiger partial charge on any atom is -0.274 e. The molecule has 1 aliphatic rings. The number of aryl methyl sites for hydroxylation is 2. The molecule has 0 bridgehead atoms. The van der Waals surface area contributed by atoms with Gasteiger partial charge in [-0.15, -0.1) is 0 Å². The molecule has 1 fully saturated rings. The van der Waals surface area contributed by atoms with Crippen molar-refractivity contribution in [1.29, 1.82) is 0 Å². The third-order valence-corrected chi connectivity index (χ3v) is 9.89. The molecule has 2 aromatic carbocycles. The van der Waals surface area contributed by atoms with E-state index in [0.717, 1.165) is 21.6 Å². The Morgan fingerprint density at radius 2 is 1.51 bits per heavy atom. The Morgan fingerprint density at radius 3 is 1.97 bits per heavy atom. The van der Waals surface area contributed by atoms with Gasteiger partial charge in [0.05, 0.1) is 17.0 Å². The van der Waals surface area contributed by atoms with Crippen LogP contribution in [0.4, 0.5) is 5.69 Å². The molecular weight excluding hydrogens is 460 g/mol. The van der Waals surface area contributed by atoms with Crippen molar-refractivity contribution in [2.24, 2.45) is 0 Å². The fraction of sp³-hybridized carbons (Fsp3) is 0.500. The van der Waals surface area contributed by atoms with Gasteiger partial charge in [0.2, 0.25) is 15.9 Å². The lowest BCUT2D eigenvalue weighted by Crippen LogP contribution is -2.55. The Kier molecular flexibility index (Phi) is 7.36. The third kappa shape index (κ3) is 4.68. The number of nitrogens with zero attached hydrogens (tertiary/aromatic N) is 2. The summed E-state index contributed by atoms with van der Waals surface area (Å²) in [5.74, 6) is -0.577. The zero-order valence-corrected chi connectivity index (χ0v) is 23.2. The molecule has 1 saturated heterocycles. The van der Waals surface area contributed by atoms with Gasteiger partial charge in [-0.3, -0.25) is 9.59 Å². The molecule has 35 heavy (non-hydrogen) atoms. The summed E-state index contributed by atoms with van der Waals surface area (Å²) in [6.45, 7) is 17.1. The number of carbonyl (C=O) groups is 2. The highest BCUT2D eigenvalue weighted by atomic mass is 32.2. The highest BCUT2D eigenvalue weighted by Crippen LogP contribution is 2.38. The molecule has 0 saturated carbocycles. The zero-order chi connectivity index (χ0) is 26.5. The van der Waals surface area contributed by atoms with Crippen LogP contribution in [0.5, 0.6) is 0 Å². The largest absolute Gasteiger partial charge is 0.274 e. The topological polar surface area (TPSA) is 74.8 Å². The molecule has 0 aromatic heterocycles. The lowest BCUT2D eigenvalue weighted by Gasteiger charge is -2.40. The van der Waals surface area contributed by atoms with Crippen molar-refractivity contribution >= 4 is 27.5 Å². The second-order valence-corrected chi connectivity index (χ2v) is 12.3. The van der Waals surface area contributed by atoms with Crippen LogP contribution in [-0.4, -0.2) is 36.1 Å². The Morgan fingerprint density at radius 1 is 1.00 bits per heavy atom. The molecule has 7 heteroatoms. The van der Waals surface area contributed by atoms with E-state index in [9.17, 15) is 18.0 Å². The molecule has 0 radical (unpaired) electrons. The van der Waals surface area contributed by atoms with Gasteiger partial charge >= 0.3 is 0 Å². The summed E-state index contributed by atoms with van der Waals surface area (Å²) >= 11 is 0. The average Bonchev–Trinajstić information content (AvgIpc) is 3.05. The molecule has 1 atom stereocenters. The monoisotopic (exact) mass is 498 g/mol. The van der Waals surface area contributed by atoms with Gasteiger partial charge in [-0.25, -0.2) is 13.3 Å². The predicted molar refractivity (Wildman–Crippen MR) is 140 cm³/mol. The van der Waals surface area contributed by atoms with Crippen molar-refractivity contribution in [3.63, 3.8) is 0 Å². The number of sulfonamides is 1. The fourth-order valence-corrected chi connectivity index (χ4v) is 7.39. The van der Waals surface area contributed by atoms with E-state index in [1.807, 2.05) is 52.8 Å². The number of anilines is 1. The van der Waals surface area contributed by atoms with Gasteiger partial charge < -0.3 is 0 Å². The average molecular weight is 499 g/mol. The number of rotatable bonds is 7. The molecule has 1 unspecified atom stereocenters. The quantitative estimate of drug-likeness (QED) is 0.469. The van der Waals surface area contributed by atoms with Crippen LogP contribution in [0.25, 0.3) is 0 Å². The van der Waals surface area contributed by atoms with Crippen LogP contribution in [-0.2, 0) is 19.6 Å². The van der Waals surface area contributed by atoms with Gasteiger partial charge in [0.1, 0.15) is 6.04 Å². The van der Waals surface area contributed by atoms with E-state index in [1.54, 1.807) is 26.0 Å². The van der Waals surface area contributed by atoms with Gasteiger partial charge in [-0.1, -0.05) is 39.0 Å². The highest BCUT2D eigenvalue weighted by molar-refractivity contribution is 7.89.